The van der Waals surface area contributed by atoms with Crippen LogP contribution < -0.4 is 0 Å². The smallest absolute Gasteiger partial charge is 0.322 e. The molecule has 1 atom stereocenters. The first kappa shape index (κ1) is 23.8. The van der Waals surface area contributed by atoms with Crippen LogP contribution in [0.15, 0.2) is 0 Å². The maximum atomic E-state index is 11.2. The fraction of sp³-hybridized carbons (Fsp3) is 0.944. The Morgan fingerprint density at radius 1 is 0.792 bits per heavy atom. The highest BCUT2D eigenvalue weighted by molar-refractivity contribution is 8.27. The minimum atomic E-state index is -3.81. The minimum Gasteiger partial charge on any atom is -0.345 e. The van der Waals surface area contributed by atoms with Crippen molar-refractivity contribution in [2.45, 2.75) is 110 Å². The second-order valence-corrected chi connectivity index (χ2v) is 8.87. The van der Waals surface area contributed by atoms with Crippen LogP contribution in [-0.4, -0.2) is 14.7 Å². The van der Waals surface area contributed by atoms with Gasteiger partial charge in [-0.15, -0.1) is 0 Å². The van der Waals surface area contributed by atoms with Gasteiger partial charge in [-0.1, -0.05) is 96.8 Å². The lowest BCUT2D eigenvalue weighted by molar-refractivity contribution is -0.134. The van der Waals surface area contributed by atoms with Crippen molar-refractivity contribution in [3.8, 4) is 0 Å². The molecule has 0 saturated heterocycles. The second kappa shape index (κ2) is 16.3. The van der Waals surface area contributed by atoms with Gasteiger partial charge in [0.1, 0.15) is 0 Å². The molecule has 0 rings (SSSR count). The Balaban J connectivity index is 3.16. The zero-order valence-electron chi connectivity index (χ0n) is 15.3. The van der Waals surface area contributed by atoms with Crippen LogP contribution >= 0.6 is 0 Å². The van der Waals surface area contributed by atoms with E-state index in [0.717, 1.165) is 12.8 Å². The molecule has 0 bridgehead atoms. The molecule has 1 unspecified atom stereocenters. The number of rotatable bonds is 17. The van der Waals surface area contributed by atoms with E-state index in [-0.39, 0.29) is 6.42 Å². The van der Waals surface area contributed by atoms with Crippen LogP contribution in [-0.2, 0) is 29.2 Å². The van der Waals surface area contributed by atoms with Crippen LogP contribution in [0.3, 0.4) is 0 Å². The average molecular weight is 381 g/mol. The zero-order valence-corrected chi connectivity index (χ0v) is 16.9. The van der Waals surface area contributed by atoms with Crippen LogP contribution in [0.2, 0.25) is 0 Å². The molecule has 0 aromatic rings. The first-order valence-electron chi connectivity index (χ1n) is 9.65. The Morgan fingerprint density at radius 3 is 1.46 bits per heavy atom. The minimum absolute atomic E-state index is 0.173. The molecule has 24 heavy (non-hydrogen) atoms. The number of hydrogen-bond donors (Lipinski definition) is 1. The largest absolute Gasteiger partial charge is 0.345 e. The summed E-state index contributed by atoms with van der Waals surface area (Å²) in [5.41, 5.74) is 0. The Morgan fingerprint density at radius 2 is 1.12 bits per heavy atom. The van der Waals surface area contributed by atoms with Crippen molar-refractivity contribution in [3.05, 3.63) is 0 Å². The van der Waals surface area contributed by atoms with Gasteiger partial charge in [0.2, 0.25) is 0 Å². The summed E-state index contributed by atoms with van der Waals surface area (Å²) >= 11 is 4.11. The predicted molar refractivity (Wildman–Crippen MR) is 104 cm³/mol. The first-order valence-corrected chi connectivity index (χ1v) is 12.0. The van der Waals surface area contributed by atoms with Crippen molar-refractivity contribution in [2.75, 3.05) is 0 Å². The van der Waals surface area contributed by atoms with E-state index in [1.807, 2.05) is 0 Å². The summed E-state index contributed by atoms with van der Waals surface area (Å²) in [6.45, 7) is 2.26. The SMILES string of the molecule is CCCCCCCCCCCCCCCCCC(=O)OS(=O)(O)=S. The molecule has 4 nitrogen and oxygen atoms in total. The van der Waals surface area contributed by atoms with Gasteiger partial charge in [-0.05, 0) is 6.42 Å². The molecular formula is C18H36O4S2. The summed E-state index contributed by atoms with van der Waals surface area (Å²) < 4.78 is 23.6. The Kier molecular flexibility index (Phi) is 16.1. The van der Waals surface area contributed by atoms with Crippen molar-refractivity contribution < 1.29 is 17.7 Å². The van der Waals surface area contributed by atoms with E-state index in [1.165, 1.54) is 77.0 Å². The van der Waals surface area contributed by atoms with Crippen molar-refractivity contribution in [3.63, 3.8) is 0 Å². The van der Waals surface area contributed by atoms with E-state index < -0.39 is 15.0 Å². The number of hydrogen-bond acceptors (Lipinski definition) is 4. The molecule has 0 aromatic heterocycles. The molecule has 0 amide bonds. The topological polar surface area (TPSA) is 63.6 Å². The molecule has 6 heteroatoms. The Bertz CT molecular complexity index is 394. The van der Waals surface area contributed by atoms with Gasteiger partial charge in [0.15, 0.2) is 0 Å². The van der Waals surface area contributed by atoms with E-state index in [0.29, 0.717) is 6.42 Å². The molecule has 0 radical (unpaired) electrons. The van der Waals surface area contributed by atoms with Gasteiger partial charge in [0, 0.05) is 6.42 Å². The summed E-state index contributed by atoms with van der Waals surface area (Å²) in [7, 11) is -3.81. The molecule has 144 valence electrons. The molecule has 0 fully saturated rings. The van der Waals surface area contributed by atoms with Crippen LogP contribution in [0.4, 0.5) is 0 Å². The molecule has 0 heterocycles. The van der Waals surface area contributed by atoms with Gasteiger partial charge in [0.05, 0.1) is 11.2 Å². The highest BCUT2D eigenvalue weighted by Gasteiger charge is 2.08. The molecule has 0 aliphatic rings. The quantitative estimate of drug-likeness (QED) is 0.317. The number of carbonyl (C=O) groups excluding carboxylic acids is 1. The lowest BCUT2D eigenvalue weighted by Gasteiger charge is -2.04. The maximum Gasteiger partial charge on any atom is 0.322 e. The van der Waals surface area contributed by atoms with Gasteiger partial charge in [0.25, 0.3) is 0 Å². The van der Waals surface area contributed by atoms with Crippen molar-refractivity contribution in [2.24, 2.45) is 0 Å². The van der Waals surface area contributed by atoms with E-state index in [1.54, 1.807) is 0 Å². The van der Waals surface area contributed by atoms with Gasteiger partial charge < -0.3 is 4.18 Å². The van der Waals surface area contributed by atoms with E-state index in [4.69, 9.17) is 4.55 Å². The maximum absolute atomic E-state index is 11.2. The van der Waals surface area contributed by atoms with Gasteiger partial charge in [-0.2, -0.15) is 4.21 Å². The molecular weight excluding hydrogens is 344 g/mol. The van der Waals surface area contributed by atoms with Crippen LogP contribution in [0, 0.1) is 0 Å². The van der Waals surface area contributed by atoms with Gasteiger partial charge in [-0.3, -0.25) is 9.35 Å². The van der Waals surface area contributed by atoms with Crippen LogP contribution in [0.25, 0.3) is 0 Å². The zero-order chi connectivity index (χ0) is 18.1. The summed E-state index contributed by atoms with van der Waals surface area (Å²) in [6.07, 6.45) is 19.1. The third kappa shape index (κ3) is 19.8. The second-order valence-electron chi connectivity index (χ2n) is 6.58. The number of carbonyl (C=O) groups is 1. The van der Waals surface area contributed by atoms with Gasteiger partial charge in [-0.25, -0.2) is 0 Å². The van der Waals surface area contributed by atoms with Crippen LogP contribution in [0.1, 0.15) is 110 Å². The molecule has 0 aliphatic heterocycles. The molecule has 1 N–H and O–H groups in total. The summed E-state index contributed by atoms with van der Waals surface area (Å²) in [4.78, 5) is 11.2. The average Bonchev–Trinajstić information content (AvgIpc) is 2.49. The van der Waals surface area contributed by atoms with Crippen molar-refractivity contribution >= 4 is 26.2 Å². The van der Waals surface area contributed by atoms with Crippen LogP contribution in [0.5, 0.6) is 0 Å². The highest BCUT2D eigenvalue weighted by atomic mass is 32.9. The van der Waals surface area contributed by atoms with E-state index in [2.05, 4.69) is 22.3 Å². The monoisotopic (exact) mass is 380 g/mol. The molecule has 0 spiro atoms. The normalized spacial score (nSPS) is 13.6. The predicted octanol–water partition coefficient (Wildman–Crippen LogP) is 5.93. The standard InChI is InChI=1S/C18H36O4S2/c1-2-3-4-5-6-7-8-9-10-11-12-13-14-15-16-17-18(19)22-24(20,21)23/h2-17H2,1H3,(H,20,21,23). The molecule has 0 saturated carbocycles. The number of unbranched alkanes of at least 4 members (excludes halogenated alkanes) is 14. The lowest BCUT2D eigenvalue weighted by atomic mass is 10.0. The third-order valence-corrected chi connectivity index (χ3v) is 4.78. The molecule has 0 aromatic carbocycles. The highest BCUT2D eigenvalue weighted by Crippen LogP contribution is 2.13. The third-order valence-electron chi connectivity index (χ3n) is 4.18. The first-order chi connectivity index (χ1) is 11.5. The van der Waals surface area contributed by atoms with E-state index in [9.17, 15) is 9.00 Å². The fourth-order valence-corrected chi connectivity index (χ4v) is 3.35. The summed E-state index contributed by atoms with van der Waals surface area (Å²) in [5.74, 6) is -0.674. The Hall–Kier alpha value is -0.200. The lowest BCUT2D eigenvalue weighted by Crippen LogP contribution is -2.10. The molecule has 0 aliphatic carbocycles. The Labute approximate surface area is 153 Å². The summed E-state index contributed by atoms with van der Waals surface area (Å²) in [6, 6.07) is 0. The van der Waals surface area contributed by atoms with Crippen molar-refractivity contribution in [1.29, 1.82) is 0 Å². The van der Waals surface area contributed by atoms with E-state index >= 15 is 0 Å². The van der Waals surface area contributed by atoms with Gasteiger partial charge >= 0.3 is 15.0 Å². The fourth-order valence-electron chi connectivity index (χ4n) is 2.80. The summed E-state index contributed by atoms with van der Waals surface area (Å²) in [5, 5.41) is 0. The van der Waals surface area contributed by atoms with Crippen molar-refractivity contribution in [1.82, 2.24) is 0 Å².